The maximum absolute atomic E-state index is 13.4. The molecule has 1 atom stereocenters. The molecule has 0 fully saturated rings. The zero-order chi connectivity index (χ0) is 15.1. The Morgan fingerprint density at radius 2 is 1.95 bits per heavy atom. The van der Waals surface area contributed by atoms with Crippen molar-refractivity contribution in [1.29, 1.82) is 0 Å². The standard InChI is InChI=1S/C11H13F5O3/c1-3-5-7(10(17)19-6-18-4-2)11(15,16)8(12)9(13)14/h3,7H,1,4-6H2,2H3. The quantitative estimate of drug-likeness (QED) is 0.226. The zero-order valence-corrected chi connectivity index (χ0v) is 10.1. The monoisotopic (exact) mass is 288 g/mol. The van der Waals surface area contributed by atoms with Gasteiger partial charge in [-0.15, -0.1) is 6.58 Å². The highest BCUT2D eigenvalue weighted by molar-refractivity contribution is 5.74. The Balaban J connectivity index is 5.03. The van der Waals surface area contributed by atoms with Crippen LogP contribution in [0.4, 0.5) is 22.0 Å². The lowest BCUT2D eigenvalue weighted by atomic mass is 9.96. The second-order valence-corrected chi connectivity index (χ2v) is 3.35. The molecule has 0 rings (SSSR count). The van der Waals surface area contributed by atoms with Crippen LogP contribution in [-0.2, 0) is 14.3 Å². The minimum Gasteiger partial charge on any atom is -0.438 e. The zero-order valence-electron chi connectivity index (χ0n) is 10.1. The van der Waals surface area contributed by atoms with Gasteiger partial charge in [-0.3, -0.25) is 4.79 Å². The number of allylic oxidation sites excluding steroid dienone is 2. The number of halogens is 5. The van der Waals surface area contributed by atoms with Gasteiger partial charge in [0.25, 0.3) is 0 Å². The number of ether oxygens (including phenoxy) is 2. The lowest BCUT2D eigenvalue weighted by molar-refractivity contribution is -0.172. The molecular weight excluding hydrogens is 275 g/mol. The van der Waals surface area contributed by atoms with Crippen molar-refractivity contribution >= 4 is 5.97 Å². The van der Waals surface area contributed by atoms with Crippen LogP contribution < -0.4 is 0 Å². The van der Waals surface area contributed by atoms with Gasteiger partial charge in [-0.2, -0.15) is 22.0 Å². The van der Waals surface area contributed by atoms with E-state index in [-0.39, 0.29) is 6.61 Å². The first-order valence-corrected chi connectivity index (χ1v) is 5.23. The Hall–Kier alpha value is -1.44. The van der Waals surface area contributed by atoms with Gasteiger partial charge in [-0.25, -0.2) is 0 Å². The van der Waals surface area contributed by atoms with Crippen LogP contribution in [0.25, 0.3) is 0 Å². The van der Waals surface area contributed by atoms with Crippen molar-refractivity contribution < 1.29 is 36.2 Å². The van der Waals surface area contributed by atoms with Crippen molar-refractivity contribution in [2.24, 2.45) is 5.92 Å². The van der Waals surface area contributed by atoms with Gasteiger partial charge in [0.1, 0.15) is 5.92 Å². The van der Waals surface area contributed by atoms with Gasteiger partial charge in [0.2, 0.25) is 5.83 Å². The van der Waals surface area contributed by atoms with E-state index < -0.39 is 42.9 Å². The molecule has 19 heavy (non-hydrogen) atoms. The third kappa shape index (κ3) is 4.98. The van der Waals surface area contributed by atoms with E-state index in [0.29, 0.717) is 0 Å². The van der Waals surface area contributed by atoms with Crippen LogP contribution in [0.1, 0.15) is 13.3 Å². The first-order chi connectivity index (χ1) is 8.78. The first kappa shape index (κ1) is 17.6. The highest BCUT2D eigenvalue weighted by Gasteiger charge is 2.51. The second kappa shape index (κ2) is 7.88. The fourth-order valence-electron chi connectivity index (χ4n) is 1.12. The number of esters is 1. The van der Waals surface area contributed by atoms with E-state index in [1.54, 1.807) is 6.92 Å². The second-order valence-electron chi connectivity index (χ2n) is 3.35. The highest BCUT2D eigenvalue weighted by atomic mass is 19.3. The minimum atomic E-state index is -4.67. The van der Waals surface area contributed by atoms with E-state index in [4.69, 9.17) is 0 Å². The van der Waals surface area contributed by atoms with Crippen molar-refractivity contribution in [3.8, 4) is 0 Å². The molecular formula is C11H13F5O3. The molecule has 0 aromatic carbocycles. The van der Waals surface area contributed by atoms with Crippen LogP contribution >= 0.6 is 0 Å². The number of carbonyl (C=O) groups excluding carboxylic acids is 1. The predicted octanol–water partition coefficient (Wildman–Crippen LogP) is 3.43. The van der Waals surface area contributed by atoms with E-state index in [9.17, 15) is 26.7 Å². The van der Waals surface area contributed by atoms with Crippen molar-refractivity contribution in [3.05, 3.63) is 24.6 Å². The summed E-state index contributed by atoms with van der Waals surface area (Å²) in [5.41, 5.74) is 0. The van der Waals surface area contributed by atoms with Crippen LogP contribution in [0.5, 0.6) is 0 Å². The lowest BCUT2D eigenvalue weighted by Crippen LogP contribution is -2.37. The number of carbonyl (C=O) groups is 1. The number of alkyl halides is 2. The molecule has 0 N–H and O–H groups in total. The third-order valence-electron chi connectivity index (χ3n) is 2.07. The van der Waals surface area contributed by atoms with Crippen molar-refractivity contribution in [3.63, 3.8) is 0 Å². The first-order valence-electron chi connectivity index (χ1n) is 5.23. The van der Waals surface area contributed by atoms with Gasteiger partial charge in [0.15, 0.2) is 6.79 Å². The van der Waals surface area contributed by atoms with Gasteiger partial charge in [0.05, 0.1) is 0 Å². The molecule has 110 valence electrons. The largest absolute Gasteiger partial charge is 0.438 e. The van der Waals surface area contributed by atoms with Crippen molar-refractivity contribution in [1.82, 2.24) is 0 Å². The molecule has 0 aliphatic heterocycles. The van der Waals surface area contributed by atoms with Crippen LogP contribution in [0.15, 0.2) is 24.6 Å². The van der Waals surface area contributed by atoms with E-state index >= 15 is 0 Å². The van der Waals surface area contributed by atoms with E-state index in [1.807, 2.05) is 0 Å². The molecule has 0 amide bonds. The number of hydrogen-bond acceptors (Lipinski definition) is 3. The van der Waals surface area contributed by atoms with E-state index in [1.165, 1.54) is 0 Å². The molecule has 0 aromatic rings. The molecule has 3 nitrogen and oxygen atoms in total. The average Bonchev–Trinajstić information content (AvgIpc) is 2.34. The lowest BCUT2D eigenvalue weighted by Gasteiger charge is -2.22. The fraction of sp³-hybridized carbons (Fsp3) is 0.545. The van der Waals surface area contributed by atoms with Crippen LogP contribution in [-0.4, -0.2) is 25.3 Å². The Labute approximate surface area is 106 Å². The van der Waals surface area contributed by atoms with Gasteiger partial charge in [-0.05, 0) is 13.3 Å². The summed E-state index contributed by atoms with van der Waals surface area (Å²) in [7, 11) is 0. The number of hydrogen-bond donors (Lipinski definition) is 0. The summed E-state index contributed by atoms with van der Waals surface area (Å²) < 4.78 is 72.2. The van der Waals surface area contributed by atoms with Crippen LogP contribution in [0, 0.1) is 5.92 Å². The predicted molar refractivity (Wildman–Crippen MR) is 56.2 cm³/mol. The summed E-state index contributed by atoms with van der Waals surface area (Å²) in [5, 5.41) is 0. The third-order valence-corrected chi connectivity index (χ3v) is 2.07. The Kier molecular flexibility index (Phi) is 7.28. The Morgan fingerprint density at radius 1 is 1.37 bits per heavy atom. The van der Waals surface area contributed by atoms with Gasteiger partial charge < -0.3 is 9.47 Å². The molecule has 0 aliphatic carbocycles. The smallest absolute Gasteiger partial charge is 0.317 e. The summed E-state index contributed by atoms with van der Waals surface area (Å²) in [6, 6.07) is 0. The summed E-state index contributed by atoms with van der Waals surface area (Å²) >= 11 is 0. The fourth-order valence-corrected chi connectivity index (χ4v) is 1.12. The van der Waals surface area contributed by atoms with Gasteiger partial charge in [0, 0.05) is 6.61 Å². The molecule has 8 heteroatoms. The van der Waals surface area contributed by atoms with Gasteiger partial charge in [-0.1, -0.05) is 6.08 Å². The van der Waals surface area contributed by atoms with Crippen LogP contribution in [0.2, 0.25) is 0 Å². The van der Waals surface area contributed by atoms with Crippen molar-refractivity contribution in [2.75, 3.05) is 13.4 Å². The molecule has 0 aromatic heterocycles. The average molecular weight is 288 g/mol. The summed E-state index contributed by atoms with van der Waals surface area (Å²) in [6.45, 7) is 4.19. The molecule has 0 spiro atoms. The Bertz CT molecular complexity index is 350. The topological polar surface area (TPSA) is 35.5 Å². The summed E-state index contributed by atoms with van der Waals surface area (Å²) in [6.07, 6.45) is -3.03. The molecule has 0 radical (unpaired) electrons. The molecule has 0 saturated heterocycles. The van der Waals surface area contributed by atoms with Crippen molar-refractivity contribution in [2.45, 2.75) is 19.3 Å². The number of rotatable bonds is 8. The normalized spacial score (nSPS) is 12.7. The molecule has 0 aliphatic rings. The maximum Gasteiger partial charge on any atom is 0.317 e. The summed E-state index contributed by atoms with van der Waals surface area (Å²) in [4.78, 5) is 11.3. The van der Waals surface area contributed by atoms with E-state index in [2.05, 4.69) is 16.1 Å². The minimum absolute atomic E-state index is 0.156. The molecule has 1 unspecified atom stereocenters. The Morgan fingerprint density at radius 3 is 2.37 bits per heavy atom. The molecule has 0 heterocycles. The SMILES string of the molecule is C=CCC(C(=O)OCOCC)C(F)(F)C(F)=C(F)F. The van der Waals surface area contributed by atoms with Gasteiger partial charge >= 0.3 is 18.0 Å². The maximum atomic E-state index is 13.4. The van der Waals surface area contributed by atoms with Crippen LogP contribution in [0.3, 0.4) is 0 Å². The highest BCUT2D eigenvalue weighted by Crippen LogP contribution is 2.38. The molecule has 0 bridgehead atoms. The summed E-state index contributed by atoms with van der Waals surface area (Å²) in [5.74, 6) is -11.6. The van der Waals surface area contributed by atoms with E-state index in [0.717, 1.165) is 6.08 Å². The molecule has 0 saturated carbocycles.